The quantitative estimate of drug-likeness (QED) is 0.688. The summed E-state index contributed by atoms with van der Waals surface area (Å²) in [6, 6.07) is 0. The fourth-order valence-corrected chi connectivity index (χ4v) is 0.707. The summed E-state index contributed by atoms with van der Waals surface area (Å²) >= 11 is 0. The summed E-state index contributed by atoms with van der Waals surface area (Å²) in [6.45, 7) is -1.50. The zero-order valence-electron chi connectivity index (χ0n) is 8.01. The Morgan fingerprint density at radius 3 is 1.44 bits per heavy atom. The second-order valence-corrected chi connectivity index (χ2v) is 3.01. The van der Waals surface area contributed by atoms with Crippen LogP contribution in [0.3, 0.4) is 0 Å². The third-order valence-corrected chi connectivity index (χ3v) is 1.63. The molecule has 1 nitrogen and oxygen atoms in total. The second kappa shape index (κ2) is 4.01. The molecule has 0 N–H and O–H groups in total. The average molecular weight is 259 g/mol. The maximum absolute atomic E-state index is 12.6. The number of alkyl halides is 8. The molecular weight excluding hydrogens is 252 g/mol. The lowest BCUT2D eigenvalue weighted by Gasteiger charge is -2.34. The Hall–Kier alpha value is -0.600. The zero-order chi connectivity index (χ0) is 13.4. The highest BCUT2D eigenvalue weighted by molar-refractivity contribution is 5.05. The van der Waals surface area contributed by atoms with Gasteiger partial charge in [0.2, 0.25) is 0 Å². The number of ether oxygens (including phenoxy) is 1. The van der Waals surface area contributed by atoms with Gasteiger partial charge in [0.25, 0.3) is 0 Å². The highest BCUT2D eigenvalue weighted by atomic mass is 19.4. The van der Waals surface area contributed by atoms with Crippen LogP contribution in [-0.2, 0) is 4.74 Å². The van der Waals surface area contributed by atoms with Crippen molar-refractivity contribution < 1.29 is 39.9 Å². The molecule has 0 atom stereocenters. The first kappa shape index (κ1) is 15.4. The van der Waals surface area contributed by atoms with E-state index < -0.39 is 37.2 Å². The van der Waals surface area contributed by atoms with Gasteiger partial charge < -0.3 is 4.74 Å². The minimum atomic E-state index is -6.27. The van der Waals surface area contributed by atoms with Gasteiger partial charge in [-0.05, 0) is 0 Å². The molecule has 0 heterocycles. The molecule has 0 aliphatic carbocycles. The lowest BCUT2D eigenvalue weighted by molar-refractivity contribution is -0.359. The first-order valence-corrected chi connectivity index (χ1v) is 3.69. The molecule has 0 amide bonds. The standard InChI is InChI=1S/C7H7F8O/c1-4(8,9)6(12,13)7(14,15)5(10,11)3-16-2/h3H,1-2H3. The smallest absolute Gasteiger partial charge is 0.372 e. The number of rotatable bonds is 5. The molecule has 9 heteroatoms. The molecule has 0 aromatic heterocycles. The second-order valence-electron chi connectivity index (χ2n) is 3.01. The summed E-state index contributed by atoms with van der Waals surface area (Å²) in [5.41, 5.74) is 0. The summed E-state index contributed by atoms with van der Waals surface area (Å²) < 4.78 is 103. The van der Waals surface area contributed by atoms with Crippen LogP contribution in [0.2, 0.25) is 0 Å². The third kappa shape index (κ3) is 2.23. The highest BCUT2D eigenvalue weighted by Gasteiger charge is 2.79. The van der Waals surface area contributed by atoms with E-state index in [9.17, 15) is 35.1 Å². The third-order valence-electron chi connectivity index (χ3n) is 1.63. The minimum absolute atomic E-state index is 0.492. The van der Waals surface area contributed by atoms with E-state index in [1.165, 1.54) is 0 Å². The van der Waals surface area contributed by atoms with E-state index in [1.54, 1.807) is 0 Å². The molecule has 97 valence electrons. The van der Waals surface area contributed by atoms with Gasteiger partial charge in [0, 0.05) is 14.0 Å². The molecule has 0 bridgehead atoms. The Morgan fingerprint density at radius 2 is 1.19 bits per heavy atom. The summed E-state index contributed by atoms with van der Waals surface area (Å²) in [5, 5.41) is 0. The van der Waals surface area contributed by atoms with Crippen molar-refractivity contribution in [2.75, 3.05) is 7.11 Å². The molecule has 1 radical (unpaired) electrons. The van der Waals surface area contributed by atoms with Crippen molar-refractivity contribution in [1.29, 1.82) is 0 Å². The van der Waals surface area contributed by atoms with Crippen LogP contribution < -0.4 is 0 Å². The van der Waals surface area contributed by atoms with Gasteiger partial charge in [0.05, 0.1) is 0 Å². The molecule has 0 aliphatic heterocycles. The van der Waals surface area contributed by atoms with Crippen molar-refractivity contribution in [3.63, 3.8) is 0 Å². The molecule has 0 aromatic rings. The van der Waals surface area contributed by atoms with Crippen LogP contribution in [0, 0.1) is 6.61 Å². The van der Waals surface area contributed by atoms with Gasteiger partial charge in [0.1, 0.15) is 0 Å². The Kier molecular flexibility index (Phi) is 3.86. The van der Waals surface area contributed by atoms with Crippen molar-refractivity contribution in [2.45, 2.75) is 30.6 Å². The maximum Gasteiger partial charge on any atom is 0.380 e. The average Bonchev–Trinajstić information content (AvgIpc) is 2.01. The fraction of sp³-hybridized carbons (Fsp3) is 0.857. The summed E-state index contributed by atoms with van der Waals surface area (Å²) in [4.78, 5) is 0. The van der Waals surface area contributed by atoms with E-state index in [1.807, 2.05) is 0 Å². The van der Waals surface area contributed by atoms with Gasteiger partial charge in [-0.25, -0.2) is 0 Å². The van der Waals surface area contributed by atoms with Gasteiger partial charge in [0.15, 0.2) is 6.61 Å². The van der Waals surface area contributed by atoms with Crippen molar-refractivity contribution in [2.24, 2.45) is 0 Å². The summed E-state index contributed by atoms with van der Waals surface area (Å²) in [5.74, 6) is -23.3. The number of methoxy groups -OCH3 is 1. The predicted octanol–water partition coefficient (Wildman–Crippen LogP) is 3.36. The number of hydrogen-bond donors (Lipinski definition) is 0. The van der Waals surface area contributed by atoms with Crippen LogP contribution in [0.1, 0.15) is 6.92 Å². The van der Waals surface area contributed by atoms with E-state index in [0.717, 1.165) is 0 Å². The van der Waals surface area contributed by atoms with Gasteiger partial charge in [-0.3, -0.25) is 0 Å². The molecule has 0 aliphatic rings. The summed E-state index contributed by atoms with van der Waals surface area (Å²) in [7, 11) is 0.492. The van der Waals surface area contributed by atoms with E-state index in [2.05, 4.69) is 4.74 Å². The minimum Gasteiger partial charge on any atom is -0.372 e. The van der Waals surface area contributed by atoms with Crippen molar-refractivity contribution in [3.8, 4) is 0 Å². The number of hydrogen-bond acceptors (Lipinski definition) is 1. The van der Waals surface area contributed by atoms with E-state index in [4.69, 9.17) is 0 Å². The molecule has 16 heavy (non-hydrogen) atoms. The molecule has 0 spiro atoms. The predicted molar refractivity (Wildman–Crippen MR) is 36.8 cm³/mol. The van der Waals surface area contributed by atoms with Crippen LogP contribution in [0.4, 0.5) is 35.1 Å². The van der Waals surface area contributed by atoms with E-state index in [0.29, 0.717) is 7.11 Å². The van der Waals surface area contributed by atoms with Gasteiger partial charge in [-0.1, -0.05) is 0 Å². The number of halogens is 8. The first-order chi connectivity index (χ1) is 6.81. The van der Waals surface area contributed by atoms with E-state index in [-0.39, 0.29) is 0 Å². The largest absolute Gasteiger partial charge is 0.380 e. The molecule has 0 unspecified atom stereocenters. The van der Waals surface area contributed by atoms with Crippen LogP contribution in [-0.4, -0.2) is 30.8 Å². The van der Waals surface area contributed by atoms with Crippen LogP contribution in [0.25, 0.3) is 0 Å². The molecule has 0 aromatic carbocycles. The van der Waals surface area contributed by atoms with Crippen molar-refractivity contribution >= 4 is 0 Å². The summed E-state index contributed by atoms with van der Waals surface area (Å²) in [6.07, 6.45) is 0. The van der Waals surface area contributed by atoms with Gasteiger partial charge >= 0.3 is 23.7 Å². The SMILES string of the molecule is CO[CH]C(F)(F)C(F)(F)C(F)(F)C(C)(F)F. The Morgan fingerprint density at radius 1 is 0.812 bits per heavy atom. The van der Waals surface area contributed by atoms with Crippen LogP contribution >= 0.6 is 0 Å². The Labute approximate surface area is 85.4 Å². The lowest BCUT2D eigenvalue weighted by Crippen LogP contribution is -2.61. The zero-order valence-corrected chi connectivity index (χ0v) is 8.01. The topological polar surface area (TPSA) is 9.23 Å². The Balaban J connectivity index is 5.34. The first-order valence-electron chi connectivity index (χ1n) is 3.69. The van der Waals surface area contributed by atoms with Crippen molar-refractivity contribution in [3.05, 3.63) is 6.61 Å². The molecular formula is C7H7F8O. The van der Waals surface area contributed by atoms with E-state index >= 15 is 0 Å². The monoisotopic (exact) mass is 259 g/mol. The van der Waals surface area contributed by atoms with Crippen LogP contribution in [0.5, 0.6) is 0 Å². The van der Waals surface area contributed by atoms with Gasteiger partial charge in [-0.2, -0.15) is 35.1 Å². The van der Waals surface area contributed by atoms with Crippen molar-refractivity contribution in [1.82, 2.24) is 0 Å². The normalized spacial score (nSPS) is 15.4. The Bertz CT molecular complexity index is 243. The molecule has 0 saturated carbocycles. The fourth-order valence-electron chi connectivity index (χ4n) is 0.707. The molecule has 0 rings (SSSR count). The lowest BCUT2D eigenvalue weighted by atomic mass is 10.0. The van der Waals surface area contributed by atoms with Gasteiger partial charge in [-0.15, -0.1) is 0 Å². The van der Waals surface area contributed by atoms with Crippen LogP contribution in [0.15, 0.2) is 0 Å². The molecule has 0 fully saturated rings. The highest BCUT2D eigenvalue weighted by Crippen LogP contribution is 2.53. The molecule has 0 saturated heterocycles. The maximum atomic E-state index is 12.6.